The van der Waals surface area contributed by atoms with Crippen molar-refractivity contribution in [2.75, 3.05) is 26.2 Å². The van der Waals surface area contributed by atoms with Crippen molar-refractivity contribution in [1.82, 2.24) is 19.8 Å². The Bertz CT molecular complexity index is 872. The van der Waals surface area contributed by atoms with Crippen LogP contribution in [0.5, 0.6) is 0 Å². The van der Waals surface area contributed by atoms with Gasteiger partial charge in [-0.1, -0.05) is 19.1 Å². The summed E-state index contributed by atoms with van der Waals surface area (Å²) in [6, 6.07) is 7.45. The van der Waals surface area contributed by atoms with Gasteiger partial charge in [-0.25, -0.2) is 4.98 Å². The number of amides is 1. The number of carbonyl (C=O) groups excluding carboxylic acids is 1. The van der Waals surface area contributed by atoms with Crippen LogP contribution in [0.25, 0.3) is 10.9 Å². The number of fused-ring (bicyclic) bond motifs is 1. The minimum atomic E-state index is -0.0111. The van der Waals surface area contributed by atoms with Gasteiger partial charge in [-0.05, 0) is 56.3 Å². The molecule has 0 aliphatic carbocycles. The van der Waals surface area contributed by atoms with Crippen molar-refractivity contribution in [2.45, 2.75) is 38.6 Å². The Kier molecular flexibility index (Phi) is 5.25. The zero-order chi connectivity index (χ0) is 18.8. The molecule has 0 radical (unpaired) electrons. The van der Waals surface area contributed by atoms with Gasteiger partial charge in [0.1, 0.15) is 0 Å². The fourth-order valence-corrected chi connectivity index (χ4v) is 4.52. The van der Waals surface area contributed by atoms with Crippen molar-refractivity contribution in [3.05, 3.63) is 40.9 Å². The highest BCUT2D eigenvalue weighted by molar-refractivity contribution is 5.77. The molecule has 2 unspecified atom stereocenters. The molecule has 2 aliphatic rings. The Hall–Kier alpha value is -2.21. The first-order valence-electron chi connectivity index (χ1n) is 10.1. The lowest BCUT2D eigenvalue weighted by Crippen LogP contribution is -2.35. The summed E-state index contributed by atoms with van der Waals surface area (Å²) in [5.41, 5.74) is 0.712. The number of rotatable bonds is 4. The summed E-state index contributed by atoms with van der Waals surface area (Å²) in [4.78, 5) is 31.9. The molecule has 3 heterocycles. The average Bonchev–Trinajstić information content (AvgIpc) is 3.19. The molecule has 0 saturated carbocycles. The third-order valence-electron chi connectivity index (χ3n) is 6.28. The molecule has 1 aromatic carbocycles. The Morgan fingerprint density at radius 1 is 1.26 bits per heavy atom. The lowest BCUT2D eigenvalue weighted by molar-refractivity contribution is -0.131. The fraction of sp³-hybridized carbons (Fsp3) is 0.571. The van der Waals surface area contributed by atoms with E-state index >= 15 is 0 Å². The molecule has 1 aromatic heterocycles. The third-order valence-corrected chi connectivity index (χ3v) is 6.28. The quantitative estimate of drug-likeness (QED) is 0.898. The zero-order valence-corrected chi connectivity index (χ0v) is 15.9. The molecule has 2 aromatic rings. The SMILES string of the molecule is CC(CC(=O)N1CCC(n2cnc3ccccc3c2=O)C1)C1CCNCC1. The molecule has 1 N–H and O–H groups in total. The molecule has 2 saturated heterocycles. The zero-order valence-electron chi connectivity index (χ0n) is 15.9. The van der Waals surface area contributed by atoms with Crippen LogP contribution in [0.3, 0.4) is 0 Å². The monoisotopic (exact) mass is 368 g/mol. The number of aromatic nitrogens is 2. The van der Waals surface area contributed by atoms with Gasteiger partial charge < -0.3 is 10.2 Å². The van der Waals surface area contributed by atoms with Gasteiger partial charge in [0, 0.05) is 19.5 Å². The molecule has 4 rings (SSSR count). The van der Waals surface area contributed by atoms with Crippen molar-refractivity contribution < 1.29 is 4.79 Å². The molecule has 6 heteroatoms. The number of likely N-dealkylation sites (tertiary alicyclic amines) is 1. The van der Waals surface area contributed by atoms with Gasteiger partial charge in [-0.15, -0.1) is 0 Å². The van der Waals surface area contributed by atoms with Gasteiger partial charge >= 0.3 is 0 Å². The van der Waals surface area contributed by atoms with Crippen LogP contribution in [0.2, 0.25) is 0 Å². The summed E-state index contributed by atoms with van der Waals surface area (Å²) >= 11 is 0. The minimum absolute atomic E-state index is 0.0111. The van der Waals surface area contributed by atoms with E-state index in [9.17, 15) is 9.59 Å². The van der Waals surface area contributed by atoms with E-state index in [2.05, 4.69) is 17.2 Å². The predicted octanol–water partition coefficient (Wildman–Crippen LogP) is 2.20. The van der Waals surface area contributed by atoms with E-state index in [0.29, 0.717) is 30.2 Å². The molecule has 2 aliphatic heterocycles. The lowest BCUT2D eigenvalue weighted by Gasteiger charge is -2.29. The molecule has 2 fully saturated rings. The lowest BCUT2D eigenvalue weighted by atomic mass is 9.84. The number of nitrogens with zero attached hydrogens (tertiary/aromatic N) is 3. The first-order chi connectivity index (χ1) is 13.1. The van der Waals surface area contributed by atoms with Crippen LogP contribution in [0.1, 0.15) is 38.6 Å². The summed E-state index contributed by atoms with van der Waals surface area (Å²) in [5.74, 6) is 1.29. The molecule has 0 spiro atoms. The Balaban J connectivity index is 1.42. The number of carbonyl (C=O) groups is 1. The molecule has 2 atom stereocenters. The normalized spacial score (nSPS) is 22.3. The van der Waals surface area contributed by atoms with Crippen LogP contribution in [0.15, 0.2) is 35.4 Å². The summed E-state index contributed by atoms with van der Waals surface area (Å²) in [7, 11) is 0. The highest BCUT2D eigenvalue weighted by Gasteiger charge is 2.30. The van der Waals surface area contributed by atoms with E-state index < -0.39 is 0 Å². The first-order valence-corrected chi connectivity index (χ1v) is 10.1. The van der Waals surface area contributed by atoms with E-state index in [1.807, 2.05) is 29.2 Å². The largest absolute Gasteiger partial charge is 0.341 e. The smallest absolute Gasteiger partial charge is 0.261 e. The van der Waals surface area contributed by atoms with E-state index in [4.69, 9.17) is 0 Å². The van der Waals surface area contributed by atoms with Crippen LogP contribution in [-0.2, 0) is 4.79 Å². The van der Waals surface area contributed by atoms with Crippen molar-refractivity contribution in [1.29, 1.82) is 0 Å². The Labute approximate surface area is 159 Å². The van der Waals surface area contributed by atoms with E-state index in [1.54, 1.807) is 10.9 Å². The number of para-hydroxylation sites is 1. The van der Waals surface area contributed by atoms with Crippen LogP contribution in [0, 0.1) is 11.8 Å². The molecule has 1 amide bonds. The topological polar surface area (TPSA) is 67.2 Å². The van der Waals surface area contributed by atoms with Crippen molar-refractivity contribution in [3.8, 4) is 0 Å². The predicted molar refractivity (Wildman–Crippen MR) is 106 cm³/mol. The Morgan fingerprint density at radius 3 is 2.85 bits per heavy atom. The molecule has 27 heavy (non-hydrogen) atoms. The van der Waals surface area contributed by atoms with Gasteiger partial charge in [0.2, 0.25) is 5.91 Å². The van der Waals surface area contributed by atoms with E-state index in [-0.39, 0.29) is 17.5 Å². The maximum absolute atomic E-state index is 12.8. The molecule has 6 nitrogen and oxygen atoms in total. The maximum Gasteiger partial charge on any atom is 0.261 e. The summed E-state index contributed by atoms with van der Waals surface area (Å²) < 4.78 is 1.71. The Morgan fingerprint density at radius 2 is 2.04 bits per heavy atom. The minimum Gasteiger partial charge on any atom is -0.341 e. The van der Waals surface area contributed by atoms with Gasteiger partial charge in [-0.3, -0.25) is 14.2 Å². The van der Waals surface area contributed by atoms with Crippen molar-refractivity contribution in [2.24, 2.45) is 11.8 Å². The molecule has 144 valence electrons. The van der Waals surface area contributed by atoms with Crippen molar-refractivity contribution in [3.63, 3.8) is 0 Å². The summed E-state index contributed by atoms with van der Waals surface area (Å²) in [6.07, 6.45) is 5.39. The number of benzene rings is 1. The maximum atomic E-state index is 12.8. The second kappa shape index (κ2) is 7.80. The van der Waals surface area contributed by atoms with Crippen LogP contribution >= 0.6 is 0 Å². The number of hydrogen-bond donors (Lipinski definition) is 1. The van der Waals surface area contributed by atoms with Crippen LogP contribution in [-0.4, -0.2) is 46.5 Å². The van der Waals surface area contributed by atoms with E-state index in [0.717, 1.165) is 44.4 Å². The third kappa shape index (κ3) is 3.76. The summed E-state index contributed by atoms with van der Waals surface area (Å²) in [6.45, 7) is 5.67. The molecular formula is C21H28N4O2. The standard InChI is InChI=1S/C21H28N4O2/c1-15(16-6-9-22-10-7-16)12-20(26)24-11-8-17(13-24)25-14-23-19-5-3-2-4-18(19)21(25)27/h2-5,14-17,22H,6-13H2,1H3. The first kappa shape index (κ1) is 18.2. The van der Waals surface area contributed by atoms with Gasteiger partial charge in [0.05, 0.1) is 23.3 Å². The van der Waals surface area contributed by atoms with Crippen molar-refractivity contribution >= 4 is 16.8 Å². The highest BCUT2D eigenvalue weighted by Crippen LogP contribution is 2.27. The van der Waals surface area contributed by atoms with Gasteiger partial charge in [-0.2, -0.15) is 0 Å². The molecular weight excluding hydrogens is 340 g/mol. The summed E-state index contributed by atoms with van der Waals surface area (Å²) in [5, 5.41) is 4.03. The van der Waals surface area contributed by atoms with Crippen LogP contribution < -0.4 is 10.9 Å². The average molecular weight is 368 g/mol. The fourth-order valence-electron chi connectivity index (χ4n) is 4.52. The van der Waals surface area contributed by atoms with Gasteiger partial charge in [0.15, 0.2) is 0 Å². The number of nitrogens with one attached hydrogen (secondary N) is 1. The number of piperidine rings is 1. The van der Waals surface area contributed by atoms with Gasteiger partial charge in [0.25, 0.3) is 5.56 Å². The molecule has 0 bridgehead atoms. The second-order valence-corrected chi connectivity index (χ2v) is 8.03. The van der Waals surface area contributed by atoms with E-state index in [1.165, 1.54) is 0 Å². The number of hydrogen-bond acceptors (Lipinski definition) is 4. The second-order valence-electron chi connectivity index (χ2n) is 8.03. The highest BCUT2D eigenvalue weighted by atomic mass is 16.2. The van der Waals surface area contributed by atoms with Crippen LogP contribution in [0.4, 0.5) is 0 Å².